The van der Waals surface area contributed by atoms with Crippen LogP contribution in [0.25, 0.3) is 0 Å². The van der Waals surface area contributed by atoms with Crippen molar-refractivity contribution >= 4 is 11.6 Å². The summed E-state index contributed by atoms with van der Waals surface area (Å²) in [6.07, 6.45) is 4.34. The highest BCUT2D eigenvalue weighted by Crippen LogP contribution is 2.20. The average Bonchev–Trinajstić information content (AvgIpc) is 2.86. The maximum absolute atomic E-state index is 12.8. The maximum Gasteiger partial charge on any atom is 0.238 e. The van der Waals surface area contributed by atoms with Gasteiger partial charge in [0.2, 0.25) is 5.91 Å². The third kappa shape index (κ3) is 4.28. The number of nitrogens with one attached hydrogen (secondary N) is 1. The van der Waals surface area contributed by atoms with Gasteiger partial charge >= 0.3 is 0 Å². The molecule has 110 valence electrons. The van der Waals surface area contributed by atoms with Gasteiger partial charge in [-0.2, -0.15) is 0 Å². The van der Waals surface area contributed by atoms with Gasteiger partial charge in [0, 0.05) is 11.7 Å². The molecular weight excluding hydrogens is 257 g/mol. The summed E-state index contributed by atoms with van der Waals surface area (Å²) in [5.41, 5.74) is 6.17. The molecule has 1 unspecified atom stereocenters. The first-order valence-electron chi connectivity index (χ1n) is 7.18. The molecule has 1 saturated heterocycles. The fourth-order valence-corrected chi connectivity index (χ4v) is 2.70. The number of nitrogens with zero attached hydrogens (tertiary/aromatic N) is 1. The molecule has 0 aliphatic carbocycles. The van der Waals surface area contributed by atoms with Crippen LogP contribution in [-0.2, 0) is 4.79 Å². The van der Waals surface area contributed by atoms with Crippen LogP contribution in [0, 0.1) is 5.82 Å². The van der Waals surface area contributed by atoms with Gasteiger partial charge in [-0.3, -0.25) is 9.69 Å². The Morgan fingerprint density at radius 3 is 2.85 bits per heavy atom. The zero-order chi connectivity index (χ0) is 14.4. The molecule has 1 fully saturated rings. The van der Waals surface area contributed by atoms with E-state index in [0.29, 0.717) is 24.8 Å². The van der Waals surface area contributed by atoms with Gasteiger partial charge in [-0.05, 0) is 63.0 Å². The van der Waals surface area contributed by atoms with E-state index >= 15 is 0 Å². The summed E-state index contributed by atoms with van der Waals surface area (Å²) in [5.74, 6) is -0.347. The van der Waals surface area contributed by atoms with Crippen molar-refractivity contribution in [1.29, 1.82) is 0 Å². The number of carbonyl (C=O) groups excluding carboxylic acids is 1. The molecular formula is C15H22FN3O. The Bertz CT molecular complexity index is 435. The minimum absolute atomic E-state index is 0.0451. The molecule has 1 aliphatic heterocycles. The predicted molar refractivity (Wildman–Crippen MR) is 77.9 cm³/mol. The third-order valence-electron chi connectivity index (χ3n) is 3.72. The monoisotopic (exact) mass is 279 g/mol. The summed E-state index contributed by atoms with van der Waals surface area (Å²) >= 11 is 0. The molecule has 4 nitrogen and oxygen atoms in total. The van der Waals surface area contributed by atoms with Gasteiger partial charge in [0.15, 0.2) is 0 Å². The number of carbonyl (C=O) groups is 1. The minimum atomic E-state index is -0.301. The van der Waals surface area contributed by atoms with E-state index in [4.69, 9.17) is 5.73 Å². The Labute approximate surface area is 119 Å². The molecule has 1 aromatic carbocycles. The number of likely N-dealkylation sites (tertiary alicyclic amines) is 1. The van der Waals surface area contributed by atoms with E-state index in [2.05, 4.69) is 10.2 Å². The zero-order valence-corrected chi connectivity index (χ0v) is 11.6. The van der Waals surface area contributed by atoms with Gasteiger partial charge in [0.1, 0.15) is 5.82 Å². The number of hydrogen-bond acceptors (Lipinski definition) is 3. The van der Waals surface area contributed by atoms with E-state index in [1.165, 1.54) is 12.1 Å². The van der Waals surface area contributed by atoms with Crippen molar-refractivity contribution in [1.82, 2.24) is 4.90 Å². The highest BCUT2D eigenvalue weighted by molar-refractivity contribution is 5.92. The quantitative estimate of drug-likeness (QED) is 0.837. The van der Waals surface area contributed by atoms with Crippen molar-refractivity contribution in [3.8, 4) is 0 Å². The van der Waals surface area contributed by atoms with Crippen LogP contribution in [0.4, 0.5) is 10.1 Å². The molecule has 1 amide bonds. The van der Waals surface area contributed by atoms with Crippen molar-refractivity contribution in [3.05, 3.63) is 30.1 Å². The predicted octanol–water partition coefficient (Wildman–Crippen LogP) is 1.97. The second kappa shape index (κ2) is 7.36. The molecule has 1 atom stereocenters. The van der Waals surface area contributed by atoms with E-state index in [1.807, 2.05) is 0 Å². The first-order chi connectivity index (χ1) is 9.69. The Morgan fingerprint density at radius 2 is 2.15 bits per heavy atom. The standard InChI is InChI=1S/C15H22FN3O/c16-12-5-7-13(8-6-12)18-15(20)11-19-10-2-4-14(19)3-1-9-17/h5-8,14H,1-4,9-11,17H2,(H,18,20). The lowest BCUT2D eigenvalue weighted by Crippen LogP contribution is -2.37. The lowest BCUT2D eigenvalue weighted by atomic mass is 10.1. The highest BCUT2D eigenvalue weighted by Gasteiger charge is 2.25. The summed E-state index contributed by atoms with van der Waals surface area (Å²) in [6.45, 7) is 2.06. The Kier molecular flexibility index (Phi) is 5.49. The number of amides is 1. The lowest BCUT2D eigenvalue weighted by Gasteiger charge is -2.23. The molecule has 0 spiro atoms. The molecule has 0 bridgehead atoms. The summed E-state index contributed by atoms with van der Waals surface area (Å²) in [7, 11) is 0. The zero-order valence-electron chi connectivity index (χ0n) is 11.6. The molecule has 20 heavy (non-hydrogen) atoms. The number of hydrogen-bond donors (Lipinski definition) is 2. The van der Waals surface area contributed by atoms with E-state index in [0.717, 1.165) is 32.2 Å². The lowest BCUT2D eigenvalue weighted by molar-refractivity contribution is -0.117. The van der Waals surface area contributed by atoms with Gasteiger partial charge < -0.3 is 11.1 Å². The van der Waals surface area contributed by atoms with Crippen molar-refractivity contribution in [3.63, 3.8) is 0 Å². The molecule has 5 heteroatoms. The fourth-order valence-electron chi connectivity index (χ4n) is 2.70. The molecule has 0 aromatic heterocycles. The Hall–Kier alpha value is -1.46. The van der Waals surface area contributed by atoms with E-state index in [-0.39, 0.29) is 11.7 Å². The van der Waals surface area contributed by atoms with Crippen molar-refractivity contribution in [2.75, 3.05) is 25.0 Å². The van der Waals surface area contributed by atoms with E-state index in [9.17, 15) is 9.18 Å². The van der Waals surface area contributed by atoms with Crippen LogP contribution in [0.15, 0.2) is 24.3 Å². The summed E-state index contributed by atoms with van der Waals surface area (Å²) in [4.78, 5) is 14.2. The fraction of sp³-hybridized carbons (Fsp3) is 0.533. The van der Waals surface area contributed by atoms with Crippen LogP contribution in [0.3, 0.4) is 0 Å². The van der Waals surface area contributed by atoms with Gasteiger partial charge in [0.05, 0.1) is 6.54 Å². The second-order valence-electron chi connectivity index (χ2n) is 5.25. The molecule has 1 heterocycles. The molecule has 1 aromatic rings. The first-order valence-corrected chi connectivity index (χ1v) is 7.18. The van der Waals surface area contributed by atoms with Crippen LogP contribution in [0.1, 0.15) is 25.7 Å². The minimum Gasteiger partial charge on any atom is -0.330 e. The summed E-state index contributed by atoms with van der Waals surface area (Å²) < 4.78 is 12.8. The SMILES string of the molecule is NCCCC1CCCN1CC(=O)Nc1ccc(F)cc1. The number of nitrogens with two attached hydrogens (primary N) is 1. The average molecular weight is 279 g/mol. The van der Waals surface area contributed by atoms with Crippen LogP contribution in [-0.4, -0.2) is 36.5 Å². The normalized spacial score (nSPS) is 19.2. The summed E-state index contributed by atoms with van der Waals surface area (Å²) in [6, 6.07) is 6.30. The molecule has 0 saturated carbocycles. The number of anilines is 1. The molecule has 2 rings (SSSR count). The van der Waals surface area contributed by atoms with E-state index in [1.54, 1.807) is 12.1 Å². The van der Waals surface area contributed by atoms with Gasteiger partial charge in [0.25, 0.3) is 0 Å². The maximum atomic E-state index is 12.8. The molecule has 1 aliphatic rings. The van der Waals surface area contributed by atoms with Crippen molar-refractivity contribution < 1.29 is 9.18 Å². The van der Waals surface area contributed by atoms with Gasteiger partial charge in [-0.1, -0.05) is 0 Å². The Morgan fingerprint density at radius 1 is 1.40 bits per heavy atom. The van der Waals surface area contributed by atoms with Crippen LogP contribution < -0.4 is 11.1 Å². The first kappa shape index (κ1) is 14.9. The number of benzene rings is 1. The van der Waals surface area contributed by atoms with Crippen molar-refractivity contribution in [2.24, 2.45) is 5.73 Å². The molecule has 0 radical (unpaired) electrons. The van der Waals surface area contributed by atoms with Crippen LogP contribution in [0.5, 0.6) is 0 Å². The topological polar surface area (TPSA) is 58.4 Å². The van der Waals surface area contributed by atoms with Gasteiger partial charge in [-0.15, -0.1) is 0 Å². The largest absolute Gasteiger partial charge is 0.330 e. The third-order valence-corrected chi connectivity index (χ3v) is 3.72. The second-order valence-corrected chi connectivity index (χ2v) is 5.25. The van der Waals surface area contributed by atoms with Crippen molar-refractivity contribution in [2.45, 2.75) is 31.7 Å². The smallest absolute Gasteiger partial charge is 0.238 e. The van der Waals surface area contributed by atoms with Crippen LogP contribution >= 0.6 is 0 Å². The molecule has 3 N–H and O–H groups in total. The summed E-state index contributed by atoms with van der Waals surface area (Å²) in [5, 5.41) is 2.80. The number of halogens is 1. The van der Waals surface area contributed by atoms with Crippen LogP contribution in [0.2, 0.25) is 0 Å². The highest BCUT2D eigenvalue weighted by atomic mass is 19.1. The van der Waals surface area contributed by atoms with E-state index < -0.39 is 0 Å². The van der Waals surface area contributed by atoms with Gasteiger partial charge in [-0.25, -0.2) is 4.39 Å². The Balaban J connectivity index is 1.82. The number of rotatable bonds is 6.